The van der Waals surface area contributed by atoms with Gasteiger partial charge in [0.1, 0.15) is 17.6 Å². The molecule has 0 radical (unpaired) electrons. The molecule has 4 nitrogen and oxygen atoms in total. The summed E-state index contributed by atoms with van der Waals surface area (Å²) in [5.41, 5.74) is 0. The Balaban J connectivity index is 1.82. The third-order valence-electron chi connectivity index (χ3n) is 3.82. The SMILES string of the molecule is O=C1O[C@@H]([C@H]2CCCCC2=O)C(Br)=C1Oc1ccccc1. The van der Waals surface area contributed by atoms with E-state index >= 15 is 0 Å². The second-order valence-electron chi connectivity index (χ2n) is 5.24. The molecule has 1 saturated carbocycles. The summed E-state index contributed by atoms with van der Waals surface area (Å²) in [6, 6.07) is 9.05. The number of hydrogen-bond donors (Lipinski definition) is 0. The number of para-hydroxylation sites is 1. The highest BCUT2D eigenvalue weighted by Crippen LogP contribution is 2.38. The molecule has 0 aromatic heterocycles. The molecule has 110 valence electrons. The third kappa shape index (κ3) is 2.88. The Kier molecular flexibility index (Phi) is 4.10. The lowest BCUT2D eigenvalue weighted by atomic mass is 9.84. The van der Waals surface area contributed by atoms with E-state index in [0.29, 0.717) is 16.7 Å². The molecule has 0 unspecified atom stereocenters. The van der Waals surface area contributed by atoms with E-state index in [1.54, 1.807) is 12.1 Å². The van der Waals surface area contributed by atoms with Crippen molar-refractivity contribution in [2.45, 2.75) is 31.8 Å². The molecular weight excluding hydrogens is 336 g/mol. The predicted octanol–water partition coefficient (Wildman–Crippen LogP) is 3.36. The van der Waals surface area contributed by atoms with Gasteiger partial charge in [0, 0.05) is 6.42 Å². The molecule has 1 aliphatic heterocycles. The van der Waals surface area contributed by atoms with Crippen LogP contribution in [0, 0.1) is 5.92 Å². The van der Waals surface area contributed by atoms with Crippen LogP contribution in [0.25, 0.3) is 0 Å². The van der Waals surface area contributed by atoms with E-state index in [-0.39, 0.29) is 17.5 Å². The predicted molar refractivity (Wildman–Crippen MR) is 79.9 cm³/mol. The van der Waals surface area contributed by atoms with Crippen molar-refractivity contribution >= 4 is 27.7 Å². The Morgan fingerprint density at radius 3 is 2.62 bits per heavy atom. The maximum Gasteiger partial charge on any atom is 0.375 e. The molecule has 3 rings (SSSR count). The van der Waals surface area contributed by atoms with Gasteiger partial charge in [0.05, 0.1) is 10.4 Å². The number of ether oxygens (including phenoxy) is 2. The fourth-order valence-electron chi connectivity index (χ4n) is 2.73. The Labute approximate surface area is 131 Å². The summed E-state index contributed by atoms with van der Waals surface area (Å²) in [4.78, 5) is 24.0. The Morgan fingerprint density at radius 2 is 1.90 bits per heavy atom. The van der Waals surface area contributed by atoms with Gasteiger partial charge in [0.15, 0.2) is 0 Å². The lowest BCUT2D eigenvalue weighted by molar-refractivity contribution is -0.146. The van der Waals surface area contributed by atoms with Gasteiger partial charge >= 0.3 is 5.97 Å². The van der Waals surface area contributed by atoms with Gasteiger partial charge < -0.3 is 9.47 Å². The van der Waals surface area contributed by atoms with Crippen LogP contribution in [0.5, 0.6) is 5.75 Å². The van der Waals surface area contributed by atoms with Gasteiger partial charge in [-0.1, -0.05) is 24.6 Å². The van der Waals surface area contributed by atoms with E-state index < -0.39 is 12.1 Å². The van der Waals surface area contributed by atoms with E-state index in [1.165, 1.54) is 0 Å². The van der Waals surface area contributed by atoms with E-state index in [0.717, 1.165) is 19.3 Å². The summed E-state index contributed by atoms with van der Waals surface area (Å²) in [6.45, 7) is 0. The molecule has 0 amide bonds. The highest BCUT2D eigenvalue weighted by atomic mass is 79.9. The van der Waals surface area contributed by atoms with Gasteiger partial charge in [0.25, 0.3) is 0 Å². The van der Waals surface area contributed by atoms with Crippen molar-refractivity contribution in [3.63, 3.8) is 0 Å². The molecule has 1 aromatic carbocycles. The largest absolute Gasteiger partial charge is 0.450 e. The van der Waals surface area contributed by atoms with Gasteiger partial charge in [-0.2, -0.15) is 0 Å². The molecule has 21 heavy (non-hydrogen) atoms. The highest BCUT2D eigenvalue weighted by Gasteiger charge is 2.43. The van der Waals surface area contributed by atoms with E-state index in [1.807, 2.05) is 18.2 Å². The van der Waals surface area contributed by atoms with E-state index in [2.05, 4.69) is 15.9 Å². The molecule has 1 aliphatic carbocycles. The van der Waals surface area contributed by atoms with Crippen molar-refractivity contribution in [1.82, 2.24) is 0 Å². The van der Waals surface area contributed by atoms with Crippen molar-refractivity contribution in [1.29, 1.82) is 0 Å². The first-order valence-electron chi connectivity index (χ1n) is 7.03. The summed E-state index contributed by atoms with van der Waals surface area (Å²) < 4.78 is 11.5. The van der Waals surface area contributed by atoms with Gasteiger partial charge in [-0.3, -0.25) is 4.79 Å². The fraction of sp³-hybridized carbons (Fsp3) is 0.375. The first kappa shape index (κ1) is 14.3. The van der Waals surface area contributed by atoms with Crippen LogP contribution in [0.15, 0.2) is 40.6 Å². The average molecular weight is 351 g/mol. The minimum Gasteiger partial charge on any atom is -0.450 e. The van der Waals surface area contributed by atoms with E-state index in [4.69, 9.17) is 9.47 Å². The summed E-state index contributed by atoms with van der Waals surface area (Å²) >= 11 is 3.39. The van der Waals surface area contributed by atoms with Crippen LogP contribution in [-0.4, -0.2) is 17.9 Å². The summed E-state index contributed by atoms with van der Waals surface area (Å²) in [6.07, 6.45) is 2.69. The topological polar surface area (TPSA) is 52.6 Å². The first-order valence-corrected chi connectivity index (χ1v) is 7.82. The average Bonchev–Trinajstić information content (AvgIpc) is 2.77. The Bertz CT molecular complexity index is 594. The molecule has 1 aromatic rings. The van der Waals surface area contributed by atoms with Gasteiger partial charge in [-0.05, 0) is 40.9 Å². The standard InChI is InChI=1S/C16H15BrO4/c17-13-14(11-8-4-5-9-12(11)18)21-16(19)15(13)20-10-6-2-1-3-7-10/h1-3,6-7,11,14H,4-5,8-9H2/t11-,14-/m0/s1. The number of cyclic esters (lactones) is 1. The van der Waals surface area contributed by atoms with Crippen LogP contribution in [0.2, 0.25) is 0 Å². The molecule has 1 heterocycles. The Morgan fingerprint density at radius 1 is 1.14 bits per heavy atom. The lowest BCUT2D eigenvalue weighted by Crippen LogP contribution is -2.31. The number of carbonyl (C=O) groups is 2. The minimum absolute atomic E-state index is 0.143. The van der Waals surface area contributed by atoms with Crippen LogP contribution < -0.4 is 4.74 Å². The maximum atomic E-state index is 12.0. The fourth-order valence-corrected chi connectivity index (χ4v) is 3.39. The third-order valence-corrected chi connectivity index (χ3v) is 4.63. The summed E-state index contributed by atoms with van der Waals surface area (Å²) in [5, 5.41) is 0. The van der Waals surface area contributed by atoms with Crippen molar-refractivity contribution in [3.8, 4) is 5.75 Å². The molecule has 0 N–H and O–H groups in total. The smallest absolute Gasteiger partial charge is 0.375 e. The Hall–Kier alpha value is -1.62. The van der Waals surface area contributed by atoms with Gasteiger partial charge in [0.2, 0.25) is 5.76 Å². The molecule has 2 aliphatic rings. The molecule has 2 atom stereocenters. The van der Waals surface area contributed by atoms with Gasteiger partial charge in [-0.15, -0.1) is 0 Å². The zero-order chi connectivity index (χ0) is 14.8. The second kappa shape index (κ2) is 6.02. The van der Waals surface area contributed by atoms with Crippen LogP contribution >= 0.6 is 15.9 Å². The van der Waals surface area contributed by atoms with Crippen LogP contribution in [0.3, 0.4) is 0 Å². The van der Waals surface area contributed by atoms with Crippen LogP contribution in [0.4, 0.5) is 0 Å². The molecule has 0 saturated heterocycles. The number of benzene rings is 1. The monoisotopic (exact) mass is 350 g/mol. The number of hydrogen-bond acceptors (Lipinski definition) is 4. The first-order chi connectivity index (χ1) is 10.2. The number of ketones is 1. The minimum atomic E-state index is -0.538. The molecular formula is C16H15BrO4. The summed E-state index contributed by atoms with van der Waals surface area (Å²) in [7, 11) is 0. The van der Waals surface area contributed by atoms with Crippen LogP contribution in [-0.2, 0) is 14.3 Å². The zero-order valence-corrected chi connectivity index (χ0v) is 13.0. The highest BCUT2D eigenvalue weighted by molar-refractivity contribution is 9.11. The molecule has 5 heteroatoms. The number of halogens is 1. The summed E-state index contributed by atoms with van der Waals surface area (Å²) in [5.74, 6) is 0.0987. The van der Waals surface area contributed by atoms with Crippen molar-refractivity contribution < 1.29 is 19.1 Å². The number of esters is 1. The lowest BCUT2D eigenvalue weighted by Gasteiger charge is -2.25. The molecule has 0 spiro atoms. The quantitative estimate of drug-likeness (QED) is 0.784. The van der Waals surface area contributed by atoms with E-state index in [9.17, 15) is 9.59 Å². The second-order valence-corrected chi connectivity index (χ2v) is 6.09. The van der Waals surface area contributed by atoms with Crippen LogP contribution in [0.1, 0.15) is 25.7 Å². The maximum absolute atomic E-state index is 12.0. The zero-order valence-electron chi connectivity index (χ0n) is 11.4. The van der Waals surface area contributed by atoms with Crippen molar-refractivity contribution in [2.75, 3.05) is 0 Å². The number of rotatable bonds is 3. The normalized spacial score (nSPS) is 26.0. The molecule has 0 bridgehead atoms. The number of Topliss-reactive ketones (excluding diaryl/α,β-unsaturated/α-hetero) is 1. The number of carbonyl (C=O) groups excluding carboxylic acids is 2. The molecule has 1 fully saturated rings. The van der Waals surface area contributed by atoms with Crippen molar-refractivity contribution in [2.24, 2.45) is 5.92 Å². The van der Waals surface area contributed by atoms with Crippen molar-refractivity contribution in [3.05, 3.63) is 40.6 Å². The van der Waals surface area contributed by atoms with Gasteiger partial charge in [-0.25, -0.2) is 4.79 Å².